The third kappa shape index (κ3) is 4.37. The van der Waals surface area contributed by atoms with Gasteiger partial charge in [-0.25, -0.2) is 0 Å². The smallest absolute Gasteiger partial charge is 0.197 e. The van der Waals surface area contributed by atoms with Crippen LogP contribution in [0.1, 0.15) is 25.0 Å². The maximum atomic E-state index is 3.91. The summed E-state index contributed by atoms with van der Waals surface area (Å²) in [6.07, 6.45) is 0. The number of nitrogens with zero attached hydrogens (tertiary/aromatic N) is 1. The summed E-state index contributed by atoms with van der Waals surface area (Å²) in [5.74, 6) is 0. The van der Waals surface area contributed by atoms with Crippen LogP contribution < -0.4 is 16.2 Å². The molecule has 0 spiro atoms. The summed E-state index contributed by atoms with van der Waals surface area (Å²) in [7, 11) is 2.47. The average molecular weight is 718 g/mol. The molecule has 2 aliphatic rings. The van der Waals surface area contributed by atoms with E-state index >= 15 is 0 Å². The normalized spacial score (nSPS) is 13.6. The largest absolute Gasteiger partial charge is 0.355 e. The summed E-state index contributed by atoms with van der Waals surface area (Å²) < 4.78 is 5.30. The zero-order valence-electron chi connectivity index (χ0n) is 30.5. The van der Waals surface area contributed by atoms with Gasteiger partial charge in [0.25, 0.3) is 0 Å². The number of nitrogens with one attached hydrogen (secondary N) is 1. The Labute approximate surface area is 324 Å². The van der Waals surface area contributed by atoms with Crippen molar-refractivity contribution < 1.29 is 0 Å². The second kappa shape index (κ2) is 11.3. The minimum Gasteiger partial charge on any atom is -0.355 e. The molecule has 3 heterocycles. The first kappa shape index (κ1) is 31.0. The van der Waals surface area contributed by atoms with Crippen LogP contribution in [0.15, 0.2) is 164 Å². The molecule has 0 fully saturated rings. The van der Waals surface area contributed by atoms with Crippen molar-refractivity contribution in [3.8, 4) is 39.2 Å². The van der Waals surface area contributed by atoms with Gasteiger partial charge in [0.05, 0.1) is 16.1 Å². The van der Waals surface area contributed by atoms with Crippen molar-refractivity contribution in [1.29, 1.82) is 0 Å². The molecule has 2 nitrogen and oxygen atoms in total. The van der Waals surface area contributed by atoms with Crippen molar-refractivity contribution in [2.24, 2.45) is 0 Å². The predicted molar refractivity (Wildman–Crippen MR) is 237 cm³/mol. The molecule has 4 heteroatoms. The molecular formula is C51H34BN2S. The lowest BCUT2D eigenvalue weighted by molar-refractivity contribution is 0.666. The summed E-state index contributed by atoms with van der Waals surface area (Å²) in [6, 6.07) is 60.3. The summed E-state index contributed by atoms with van der Waals surface area (Å²) in [5, 5.41) is 10.3. The summed E-state index contributed by atoms with van der Waals surface area (Å²) >= 11 is 1.92. The van der Waals surface area contributed by atoms with E-state index in [1.165, 1.54) is 103 Å². The first-order chi connectivity index (χ1) is 27.0. The highest BCUT2D eigenvalue weighted by molar-refractivity contribution is 7.26. The second-order valence-electron chi connectivity index (χ2n) is 15.6. The minimum absolute atomic E-state index is 0.124. The van der Waals surface area contributed by atoms with Gasteiger partial charge in [0.2, 0.25) is 0 Å². The molecule has 12 rings (SSSR count). The van der Waals surface area contributed by atoms with Crippen LogP contribution in [0.3, 0.4) is 0 Å². The lowest BCUT2D eigenvalue weighted by Gasteiger charge is -2.27. The van der Waals surface area contributed by atoms with E-state index < -0.39 is 0 Å². The van der Waals surface area contributed by atoms with E-state index in [9.17, 15) is 0 Å². The van der Waals surface area contributed by atoms with Crippen molar-refractivity contribution in [1.82, 2.24) is 4.57 Å². The van der Waals surface area contributed by atoms with Crippen LogP contribution in [0.4, 0.5) is 11.4 Å². The highest BCUT2D eigenvalue weighted by Crippen LogP contribution is 2.55. The molecule has 0 atom stereocenters. The van der Waals surface area contributed by atoms with Gasteiger partial charge in [-0.05, 0) is 80.5 Å². The van der Waals surface area contributed by atoms with Crippen LogP contribution >= 0.6 is 11.3 Å². The number of para-hydroxylation sites is 1. The van der Waals surface area contributed by atoms with Crippen molar-refractivity contribution in [2.75, 3.05) is 5.32 Å². The SMILES string of the molecule is CC1(C)c2ccccc2-c2c1c1cccc3c1n2-c1c(c(-c2cc4ccccc4cc2Nc2ccc(-c4ccccc4)cc2)cc2c1sc1ccccc12)[B]3. The Morgan fingerprint density at radius 3 is 2.15 bits per heavy atom. The van der Waals surface area contributed by atoms with Crippen LogP contribution in [0.25, 0.3) is 81.0 Å². The van der Waals surface area contributed by atoms with Gasteiger partial charge in [0.1, 0.15) is 0 Å². The number of hydrogen-bond acceptors (Lipinski definition) is 2. The third-order valence-corrected chi connectivity index (χ3v) is 13.3. The van der Waals surface area contributed by atoms with Crippen LogP contribution in [-0.2, 0) is 5.41 Å². The van der Waals surface area contributed by atoms with E-state index in [0.717, 1.165) is 11.4 Å². The zero-order chi connectivity index (χ0) is 36.4. The first-order valence-corrected chi connectivity index (χ1v) is 19.9. The molecule has 1 aliphatic carbocycles. The van der Waals surface area contributed by atoms with Gasteiger partial charge in [-0.15, -0.1) is 11.3 Å². The predicted octanol–water partition coefficient (Wildman–Crippen LogP) is 12.5. The highest BCUT2D eigenvalue weighted by Gasteiger charge is 2.42. The van der Waals surface area contributed by atoms with Gasteiger partial charge in [-0.3, -0.25) is 0 Å². The second-order valence-corrected chi connectivity index (χ2v) is 16.6. The Balaban J connectivity index is 1.16. The van der Waals surface area contributed by atoms with Crippen LogP contribution in [-0.4, -0.2) is 11.8 Å². The van der Waals surface area contributed by atoms with E-state index in [4.69, 9.17) is 0 Å². The number of thiophene rings is 1. The fourth-order valence-electron chi connectivity index (χ4n) is 9.66. The number of rotatable bonds is 4. The van der Waals surface area contributed by atoms with Gasteiger partial charge in [0.15, 0.2) is 7.28 Å². The Morgan fingerprint density at radius 2 is 1.29 bits per heavy atom. The van der Waals surface area contributed by atoms with Gasteiger partial charge in [-0.1, -0.05) is 147 Å². The molecular weight excluding hydrogens is 683 g/mol. The molecule has 0 saturated heterocycles. The third-order valence-electron chi connectivity index (χ3n) is 12.2. The van der Waals surface area contributed by atoms with Crippen molar-refractivity contribution in [3.63, 3.8) is 0 Å². The number of anilines is 2. The fraction of sp³-hybridized carbons (Fsp3) is 0.0588. The van der Waals surface area contributed by atoms with E-state index in [0.29, 0.717) is 0 Å². The maximum Gasteiger partial charge on any atom is 0.197 e. The van der Waals surface area contributed by atoms with Crippen LogP contribution in [0.2, 0.25) is 0 Å². The molecule has 1 aliphatic heterocycles. The van der Waals surface area contributed by atoms with Gasteiger partial charge < -0.3 is 9.88 Å². The molecule has 0 unspecified atom stereocenters. The number of fused-ring (bicyclic) bond motifs is 12. The molecule has 0 bridgehead atoms. The number of aromatic nitrogens is 1. The van der Waals surface area contributed by atoms with E-state index in [-0.39, 0.29) is 5.41 Å². The Bertz CT molecular complexity index is 3220. The molecule has 257 valence electrons. The lowest BCUT2D eigenvalue weighted by atomic mass is 9.58. The summed E-state index contributed by atoms with van der Waals surface area (Å²) in [6.45, 7) is 4.81. The highest BCUT2D eigenvalue weighted by atomic mass is 32.1. The number of benzene rings is 8. The monoisotopic (exact) mass is 717 g/mol. The van der Waals surface area contributed by atoms with Crippen LogP contribution in [0, 0.1) is 0 Å². The topological polar surface area (TPSA) is 17.0 Å². The van der Waals surface area contributed by atoms with Crippen molar-refractivity contribution >= 4 is 82.8 Å². The summed E-state index contributed by atoms with van der Waals surface area (Å²) in [5.41, 5.74) is 17.5. The van der Waals surface area contributed by atoms with E-state index in [1.807, 2.05) is 11.3 Å². The van der Waals surface area contributed by atoms with Gasteiger partial charge >= 0.3 is 0 Å². The van der Waals surface area contributed by atoms with E-state index in [1.54, 1.807) is 0 Å². The average Bonchev–Trinajstić information content (AvgIpc) is 3.85. The maximum absolute atomic E-state index is 3.91. The van der Waals surface area contributed by atoms with Crippen LogP contribution in [0.5, 0.6) is 0 Å². The molecule has 55 heavy (non-hydrogen) atoms. The van der Waals surface area contributed by atoms with Gasteiger partial charge in [0, 0.05) is 54.3 Å². The fourth-order valence-corrected chi connectivity index (χ4v) is 10.9. The molecule has 1 radical (unpaired) electrons. The first-order valence-electron chi connectivity index (χ1n) is 19.1. The molecule has 0 amide bonds. The Kier molecular flexibility index (Phi) is 6.40. The summed E-state index contributed by atoms with van der Waals surface area (Å²) in [4.78, 5) is 0. The molecule has 0 saturated carbocycles. The van der Waals surface area contributed by atoms with Crippen molar-refractivity contribution in [3.05, 3.63) is 175 Å². The molecule has 8 aromatic carbocycles. The zero-order valence-corrected chi connectivity index (χ0v) is 31.3. The Morgan fingerprint density at radius 1 is 0.582 bits per heavy atom. The number of hydrogen-bond donors (Lipinski definition) is 1. The van der Waals surface area contributed by atoms with Gasteiger partial charge in [-0.2, -0.15) is 0 Å². The molecule has 10 aromatic rings. The van der Waals surface area contributed by atoms with E-state index in [2.05, 4.69) is 195 Å². The Hall–Kier alpha value is -6.36. The quantitative estimate of drug-likeness (QED) is 0.179. The van der Waals surface area contributed by atoms with Crippen molar-refractivity contribution in [2.45, 2.75) is 19.3 Å². The molecule has 2 aromatic heterocycles. The standard InChI is InChI=1S/C51H34BN2S/c1-51(2)41-20-10-8-18-36(41)48-45(51)37-19-12-21-42-47(37)54(48)49-46(52-42)39(29-40-35-17-9-11-22-44(35)55-50(40)49)38-27-32-15-6-7-16-33(32)28-43(38)53-34-25-23-31(24-26-34)30-13-4-3-5-14-30/h3-29,53H,1-2H3. The molecule has 1 N–H and O–H groups in total. The minimum atomic E-state index is -0.124. The lowest BCUT2D eigenvalue weighted by Crippen LogP contribution is -2.37.